The Balaban J connectivity index is 1.59. The Morgan fingerprint density at radius 1 is 1.22 bits per heavy atom. The highest BCUT2D eigenvalue weighted by atomic mass is 35.5. The Hall–Kier alpha value is -1.56. The summed E-state index contributed by atoms with van der Waals surface area (Å²) in [4.78, 5) is 18.5. The molecule has 0 unspecified atom stereocenters. The van der Waals surface area contributed by atoms with E-state index in [1.165, 1.54) is 11.8 Å². The molecule has 3 nitrogen and oxygen atoms in total. The van der Waals surface area contributed by atoms with Crippen molar-refractivity contribution in [2.24, 2.45) is 0 Å². The molecule has 0 atom stereocenters. The number of fused-ring (bicyclic) bond motifs is 1. The molecule has 0 radical (unpaired) electrons. The van der Waals surface area contributed by atoms with Gasteiger partial charge in [0.2, 0.25) is 5.91 Å². The maximum Gasteiger partial charge on any atom is 0.233 e. The zero-order valence-electron chi connectivity index (χ0n) is 12.5. The van der Waals surface area contributed by atoms with Crippen LogP contribution >= 0.6 is 34.7 Å². The molecule has 0 bridgehead atoms. The highest BCUT2D eigenvalue weighted by Crippen LogP contribution is 2.29. The molecule has 1 amide bonds. The van der Waals surface area contributed by atoms with Gasteiger partial charge in [-0.3, -0.25) is 4.79 Å². The van der Waals surface area contributed by atoms with Crippen molar-refractivity contribution in [1.29, 1.82) is 0 Å². The van der Waals surface area contributed by atoms with Crippen molar-refractivity contribution < 1.29 is 4.79 Å². The van der Waals surface area contributed by atoms with Gasteiger partial charge in [-0.15, -0.1) is 11.3 Å². The molecule has 0 aliphatic heterocycles. The lowest BCUT2D eigenvalue weighted by Crippen LogP contribution is -2.27. The number of benzene rings is 2. The van der Waals surface area contributed by atoms with E-state index in [0.717, 1.165) is 20.1 Å². The van der Waals surface area contributed by atoms with E-state index in [0.29, 0.717) is 17.3 Å². The zero-order valence-corrected chi connectivity index (χ0v) is 14.9. The fourth-order valence-electron chi connectivity index (χ4n) is 2.12. The number of nitrogens with zero attached hydrogens (tertiary/aromatic N) is 2. The fraction of sp³-hybridized carbons (Fsp3) is 0.176. The molecule has 1 heterocycles. The van der Waals surface area contributed by atoms with Crippen LogP contribution in [0.3, 0.4) is 0 Å². The van der Waals surface area contributed by atoms with Gasteiger partial charge < -0.3 is 4.90 Å². The SMILES string of the molecule is CN(Cc1ccccc1Cl)C(=O)CSc1nc2ccccc2s1. The number of carbonyl (C=O) groups excluding carboxylic acids is 1. The Morgan fingerprint density at radius 3 is 2.74 bits per heavy atom. The van der Waals surface area contributed by atoms with Crippen LogP contribution < -0.4 is 0 Å². The summed E-state index contributed by atoms with van der Waals surface area (Å²) in [5, 5.41) is 0.686. The number of aromatic nitrogens is 1. The first-order valence-electron chi connectivity index (χ1n) is 7.09. The van der Waals surface area contributed by atoms with E-state index in [-0.39, 0.29) is 5.91 Å². The third-order valence-electron chi connectivity index (χ3n) is 3.38. The van der Waals surface area contributed by atoms with E-state index < -0.39 is 0 Å². The van der Waals surface area contributed by atoms with Crippen LogP contribution in [0.1, 0.15) is 5.56 Å². The standard InChI is InChI=1S/C17H15ClN2OS2/c1-20(10-12-6-2-3-7-13(12)18)16(21)11-22-17-19-14-8-4-5-9-15(14)23-17/h2-9H,10-11H2,1H3. The number of amides is 1. The first-order valence-corrected chi connectivity index (χ1v) is 9.27. The van der Waals surface area contributed by atoms with Crippen molar-refractivity contribution in [3.8, 4) is 0 Å². The van der Waals surface area contributed by atoms with E-state index in [9.17, 15) is 4.79 Å². The van der Waals surface area contributed by atoms with E-state index >= 15 is 0 Å². The lowest BCUT2D eigenvalue weighted by molar-refractivity contribution is -0.127. The molecule has 0 N–H and O–H groups in total. The van der Waals surface area contributed by atoms with Gasteiger partial charge in [-0.2, -0.15) is 0 Å². The molecule has 3 rings (SSSR count). The van der Waals surface area contributed by atoms with Gasteiger partial charge in [0.1, 0.15) is 0 Å². The molecule has 1 aromatic heterocycles. The molecule has 2 aromatic carbocycles. The molecular weight excluding hydrogens is 348 g/mol. The summed E-state index contributed by atoms with van der Waals surface area (Å²) in [6, 6.07) is 15.6. The van der Waals surface area contributed by atoms with Gasteiger partial charge in [0.05, 0.1) is 16.0 Å². The van der Waals surface area contributed by atoms with Crippen LogP contribution in [0, 0.1) is 0 Å². The summed E-state index contributed by atoms with van der Waals surface area (Å²) >= 11 is 9.24. The monoisotopic (exact) mass is 362 g/mol. The minimum Gasteiger partial charge on any atom is -0.341 e. The van der Waals surface area contributed by atoms with Gasteiger partial charge in [-0.1, -0.05) is 53.7 Å². The zero-order chi connectivity index (χ0) is 16.2. The molecule has 23 heavy (non-hydrogen) atoms. The second kappa shape index (κ2) is 7.34. The van der Waals surface area contributed by atoms with Crippen LogP contribution in [0.5, 0.6) is 0 Å². The van der Waals surface area contributed by atoms with Gasteiger partial charge in [-0.05, 0) is 23.8 Å². The van der Waals surface area contributed by atoms with Gasteiger partial charge >= 0.3 is 0 Å². The third-order valence-corrected chi connectivity index (χ3v) is 5.92. The quantitative estimate of drug-likeness (QED) is 0.617. The lowest BCUT2D eigenvalue weighted by atomic mass is 10.2. The summed E-state index contributed by atoms with van der Waals surface area (Å²) in [5.41, 5.74) is 1.94. The number of hydrogen-bond donors (Lipinski definition) is 0. The molecule has 0 aliphatic rings. The van der Waals surface area contributed by atoms with Crippen molar-refractivity contribution in [3.05, 3.63) is 59.1 Å². The number of hydrogen-bond acceptors (Lipinski definition) is 4. The Labute approximate surface area is 148 Å². The van der Waals surface area contributed by atoms with Crippen LogP contribution in [-0.4, -0.2) is 28.6 Å². The van der Waals surface area contributed by atoms with E-state index in [2.05, 4.69) is 4.98 Å². The second-order valence-electron chi connectivity index (χ2n) is 5.08. The highest BCUT2D eigenvalue weighted by Gasteiger charge is 2.13. The number of para-hydroxylation sites is 1. The van der Waals surface area contributed by atoms with E-state index in [1.807, 2.05) is 48.5 Å². The maximum absolute atomic E-state index is 12.3. The molecule has 0 saturated carbocycles. The molecular formula is C17H15ClN2OS2. The van der Waals surface area contributed by atoms with Crippen LogP contribution in [-0.2, 0) is 11.3 Å². The predicted molar refractivity (Wildman–Crippen MR) is 98.3 cm³/mol. The van der Waals surface area contributed by atoms with Crippen molar-refractivity contribution >= 4 is 50.8 Å². The summed E-state index contributed by atoms with van der Waals surface area (Å²) in [7, 11) is 1.80. The number of thioether (sulfide) groups is 1. The highest BCUT2D eigenvalue weighted by molar-refractivity contribution is 8.01. The molecule has 0 aliphatic carbocycles. The minimum atomic E-state index is 0.0641. The van der Waals surface area contributed by atoms with Crippen LogP contribution in [0.4, 0.5) is 0 Å². The summed E-state index contributed by atoms with van der Waals surface area (Å²) in [5.74, 6) is 0.440. The first kappa shape index (κ1) is 16.3. The number of carbonyl (C=O) groups is 1. The van der Waals surface area contributed by atoms with Crippen LogP contribution in [0.25, 0.3) is 10.2 Å². The second-order valence-corrected chi connectivity index (χ2v) is 7.74. The number of rotatable bonds is 5. The number of thiazole rings is 1. The first-order chi connectivity index (χ1) is 11.1. The minimum absolute atomic E-state index is 0.0641. The average Bonchev–Trinajstić information content (AvgIpc) is 2.97. The predicted octanol–water partition coefficient (Wildman–Crippen LogP) is 4.70. The smallest absolute Gasteiger partial charge is 0.233 e. The fourth-order valence-corrected chi connectivity index (χ4v) is 4.32. The average molecular weight is 363 g/mol. The Bertz CT molecular complexity index is 801. The summed E-state index contributed by atoms with van der Waals surface area (Å²) < 4.78 is 2.07. The molecule has 6 heteroatoms. The van der Waals surface area contributed by atoms with Crippen molar-refractivity contribution in [1.82, 2.24) is 9.88 Å². The van der Waals surface area contributed by atoms with Crippen LogP contribution in [0.15, 0.2) is 52.9 Å². The van der Waals surface area contributed by atoms with Gasteiger partial charge in [-0.25, -0.2) is 4.98 Å². The van der Waals surface area contributed by atoms with E-state index in [1.54, 1.807) is 23.3 Å². The Morgan fingerprint density at radius 2 is 1.96 bits per heavy atom. The Kier molecular flexibility index (Phi) is 5.20. The molecule has 3 aromatic rings. The molecule has 0 fully saturated rings. The van der Waals surface area contributed by atoms with Gasteiger partial charge in [0.15, 0.2) is 4.34 Å². The normalized spacial score (nSPS) is 10.9. The van der Waals surface area contributed by atoms with Gasteiger partial charge in [0, 0.05) is 18.6 Å². The van der Waals surface area contributed by atoms with Crippen molar-refractivity contribution in [2.75, 3.05) is 12.8 Å². The molecule has 0 spiro atoms. The largest absolute Gasteiger partial charge is 0.341 e. The van der Waals surface area contributed by atoms with Crippen molar-refractivity contribution in [3.63, 3.8) is 0 Å². The lowest BCUT2D eigenvalue weighted by Gasteiger charge is -2.17. The maximum atomic E-state index is 12.3. The topological polar surface area (TPSA) is 33.2 Å². The van der Waals surface area contributed by atoms with E-state index in [4.69, 9.17) is 11.6 Å². The number of halogens is 1. The molecule has 118 valence electrons. The molecule has 0 saturated heterocycles. The third kappa shape index (κ3) is 4.05. The summed E-state index contributed by atoms with van der Waals surface area (Å²) in [6.45, 7) is 0.513. The van der Waals surface area contributed by atoms with Crippen LogP contribution in [0.2, 0.25) is 5.02 Å². The summed E-state index contributed by atoms with van der Waals surface area (Å²) in [6.07, 6.45) is 0. The van der Waals surface area contributed by atoms with Gasteiger partial charge in [0.25, 0.3) is 0 Å². The van der Waals surface area contributed by atoms with Crippen molar-refractivity contribution in [2.45, 2.75) is 10.9 Å².